The second kappa shape index (κ2) is 5.81. The molecular weight excluding hydrogens is 309 g/mol. The van der Waals surface area contributed by atoms with Crippen LogP contribution in [0.3, 0.4) is 0 Å². The lowest BCUT2D eigenvalue weighted by molar-refractivity contribution is -0.137. The molecule has 0 saturated heterocycles. The van der Waals surface area contributed by atoms with Crippen molar-refractivity contribution in [3.05, 3.63) is 40.6 Å². The fraction of sp³-hybridized carbons (Fsp3) is 0.375. The number of phenolic OH excluding ortho intramolecular Hbond substituents is 1. The van der Waals surface area contributed by atoms with Crippen molar-refractivity contribution in [3.63, 3.8) is 0 Å². The number of alkyl halides is 3. The summed E-state index contributed by atoms with van der Waals surface area (Å²) in [6, 6.07) is 3.57. The van der Waals surface area contributed by atoms with Crippen LogP contribution in [0.25, 0.3) is 11.3 Å². The molecule has 0 unspecified atom stereocenters. The summed E-state index contributed by atoms with van der Waals surface area (Å²) in [5, 5.41) is 18.3. The number of nitrogens with zero attached hydrogens (tertiary/aromatic N) is 2. The molecule has 1 aliphatic heterocycles. The van der Waals surface area contributed by atoms with Gasteiger partial charge < -0.3 is 9.84 Å². The number of aromatic hydroxyl groups is 1. The van der Waals surface area contributed by atoms with Gasteiger partial charge in [0.25, 0.3) is 0 Å². The molecule has 0 radical (unpaired) electrons. The van der Waals surface area contributed by atoms with E-state index in [0.29, 0.717) is 18.7 Å². The van der Waals surface area contributed by atoms with Crippen molar-refractivity contribution in [2.45, 2.75) is 32.5 Å². The van der Waals surface area contributed by atoms with Gasteiger partial charge in [0.2, 0.25) is 0 Å². The molecule has 23 heavy (non-hydrogen) atoms. The summed E-state index contributed by atoms with van der Waals surface area (Å²) in [5.74, 6) is -0.459. The minimum atomic E-state index is -4.53. The number of hydrogen-bond donors (Lipinski definition) is 1. The third-order valence-electron chi connectivity index (χ3n) is 3.75. The lowest BCUT2D eigenvalue weighted by Crippen LogP contribution is -2.08. The number of rotatable bonds is 0. The molecule has 1 aromatic heterocycles. The monoisotopic (exact) mass is 324 g/mol. The van der Waals surface area contributed by atoms with Crippen LogP contribution in [-0.4, -0.2) is 21.9 Å². The summed E-state index contributed by atoms with van der Waals surface area (Å²) in [4.78, 5) is 0. The second-order valence-corrected chi connectivity index (χ2v) is 5.54. The molecule has 3 rings (SSSR count). The van der Waals surface area contributed by atoms with Gasteiger partial charge in [-0.25, -0.2) is 0 Å². The smallest absolute Gasteiger partial charge is 0.416 e. The molecule has 122 valence electrons. The van der Waals surface area contributed by atoms with Crippen molar-refractivity contribution in [2.24, 2.45) is 0 Å². The Hall–Kier alpha value is -2.15. The number of phenols is 1. The van der Waals surface area contributed by atoms with Crippen LogP contribution >= 0.6 is 0 Å². The predicted molar refractivity (Wildman–Crippen MR) is 76.8 cm³/mol. The van der Waals surface area contributed by atoms with Crippen molar-refractivity contribution in [2.75, 3.05) is 6.61 Å². The first-order valence-corrected chi connectivity index (χ1v) is 7.20. The van der Waals surface area contributed by atoms with E-state index in [0.717, 1.165) is 29.8 Å². The quantitative estimate of drug-likeness (QED) is 0.804. The number of aryl methyl sites for hydroxylation is 2. The van der Waals surface area contributed by atoms with Crippen molar-refractivity contribution < 1.29 is 23.0 Å². The van der Waals surface area contributed by atoms with Gasteiger partial charge in [0.1, 0.15) is 11.4 Å². The third-order valence-corrected chi connectivity index (χ3v) is 3.75. The van der Waals surface area contributed by atoms with E-state index in [1.165, 1.54) is 0 Å². The summed E-state index contributed by atoms with van der Waals surface area (Å²) in [7, 11) is 0. The largest absolute Gasteiger partial charge is 0.507 e. The van der Waals surface area contributed by atoms with Crippen LogP contribution in [0.1, 0.15) is 28.8 Å². The summed E-state index contributed by atoms with van der Waals surface area (Å²) in [6.07, 6.45) is -3.16. The van der Waals surface area contributed by atoms with Crippen molar-refractivity contribution >= 4 is 0 Å². The Kier molecular flexibility index (Phi) is 3.97. The van der Waals surface area contributed by atoms with Crippen LogP contribution in [0.5, 0.6) is 5.75 Å². The van der Waals surface area contributed by atoms with E-state index in [9.17, 15) is 18.3 Å². The standard InChI is InChI=1S/C16H15F3N2O2/c1-9-5-10-3-2-4-23-8-11-6-12(16(17,18)19)7-13(22)14(11)15(10)21-20-9/h5-7,22H,2-4,8H2,1H3. The van der Waals surface area contributed by atoms with E-state index in [-0.39, 0.29) is 17.7 Å². The summed E-state index contributed by atoms with van der Waals surface area (Å²) < 4.78 is 44.3. The van der Waals surface area contributed by atoms with Crippen molar-refractivity contribution in [1.29, 1.82) is 0 Å². The lowest BCUT2D eigenvalue weighted by Gasteiger charge is -2.16. The zero-order valence-electron chi connectivity index (χ0n) is 12.4. The topological polar surface area (TPSA) is 55.2 Å². The molecular formula is C16H15F3N2O2. The maximum atomic E-state index is 13.0. The second-order valence-electron chi connectivity index (χ2n) is 5.54. The van der Waals surface area contributed by atoms with Crippen molar-refractivity contribution in [1.82, 2.24) is 10.2 Å². The highest BCUT2D eigenvalue weighted by Crippen LogP contribution is 2.40. The number of ether oxygens (including phenoxy) is 1. The number of halogens is 3. The molecule has 4 nitrogen and oxygen atoms in total. The molecule has 0 saturated carbocycles. The Morgan fingerprint density at radius 1 is 1.13 bits per heavy atom. The maximum Gasteiger partial charge on any atom is 0.416 e. The molecule has 2 heterocycles. The van der Waals surface area contributed by atoms with E-state index in [1.54, 1.807) is 6.92 Å². The number of hydrogen-bond acceptors (Lipinski definition) is 4. The van der Waals surface area contributed by atoms with Crippen LogP contribution < -0.4 is 0 Å². The molecule has 2 aromatic rings. The normalized spacial score (nSPS) is 15.1. The van der Waals surface area contributed by atoms with E-state index in [4.69, 9.17) is 4.74 Å². The van der Waals surface area contributed by atoms with Gasteiger partial charge in [-0.2, -0.15) is 18.3 Å². The first-order valence-electron chi connectivity index (χ1n) is 7.20. The summed E-state index contributed by atoms with van der Waals surface area (Å²) in [5.41, 5.74) is 1.61. The highest BCUT2D eigenvalue weighted by Gasteiger charge is 2.33. The molecule has 1 N–H and O–H groups in total. The molecule has 0 fully saturated rings. The highest BCUT2D eigenvalue weighted by atomic mass is 19.4. The SMILES string of the molecule is Cc1cc2c(nn1)-c1c(O)cc(C(F)(F)F)cc1COCCC2. The van der Waals surface area contributed by atoms with Crippen LogP contribution in [0.15, 0.2) is 18.2 Å². The Bertz CT molecular complexity index is 745. The Labute approximate surface area is 130 Å². The zero-order chi connectivity index (χ0) is 16.6. The first kappa shape index (κ1) is 15.7. The average molecular weight is 324 g/mol. The van der Waals surface area contributed by atoms with Gasteiger partial charge >= 0.3 is 6.18 Å². The van der Waals surface area contributed by atoms with Gasteiger partial charge in [-0.1, -0.05) is 0 Å². The van der Waals surface area contributed by atoms with E-state index in [1.807, 2.05) is 6.07 Å². The maximum absolute atomic E-state index is 13.0. The van der Waals surface area contributed by atoms with E-state index >= 15 is 0 Å². The van der Waals surface area contributed by atoms with Gasteiger partial charge in [0.05, 0.1) is 17.9 Å². The Morgan fingerprint density at radius 2 is 1.91 bits per heavy atom. The van der Waals surface area contributed by atoms with Crippen LogP contribution in [0, 0.1) is 6.92 Å². The summed E-state index contributed by atoms with van der Waals surface area (Å²) >= 11 is 0. The Morgan fingerprint density at radius 3 is 2.65 bits per heavy atom. The minimum absolute atomic E-state index is 0.0121. The first-order chi connectivity index (χ1) is 10.9. The fourth-order valence-corrected chi connectivity index (χ4v) is 2.73. The minimum Gasteiger partial charge on any atom is -0.507 e. The number of benzene rings is 1. The molecule has 0 aliphatic carbocycles. The van der Waals surface area contributed by atoms with Crippen LogP contribution in [0.2, 0.25) is 0 Å². The van der Waals surface area contributed by atoms with Crippen LogP contribution in [0.4, 0.5) is 13.2 Å². The van der Waals surface area contributed by atoms with Gasteiger partial charge in [0.15, 0.2) is 0 Å². The molecule has 0 amide bonds. The molecule has 0 spiro atoms. The van der Waals surface area contributed by atoms with Gasteiger partial charge in [-0.15, -0.1) is 5.10 Å². The molecule has 0 bridgehead atoms. The average Bonchev–Trinajstić information content (AvgIpc) is 2.54. The van der Waals surface area contributed by atoms with E-state index < -0.39 is 17.5 Å². The number of aromatic nitrogens is 2. The van der Waals surface area contributed by atoms with Crippen LogP contribution in [-0.2, 0) is 23.9 Å². The van der Waals surface area contributed by atoms with Gasteiger partial charge in [0, 0.05) is 12.2 Å². The third kappa shape index (κ3) is 3.14. The van der Waals surface area contributed by atoms with Gasteiger partial charge in [-0.05, 0) is 49.1 Å². The Balaban J connectivity index is 2.24. The predicted octanol–water partition coefficient (Wildman–Crippen LogP) is 3.64. The lowest BCUT2D eigenvalue weighted by atomic mass is 9.96. The highest BCUT2D eigenvalue weighted by molar-refractivity contribution is 5.74. The van der Waals surface area contributed by atoms with E-state index in [2.05, 4.69) is 10.2 Å². The molecule has 7 heteroatoms. The summed E-state index contributed by atoms with van der Waals surface area (Å²) in [6.45, 7) is 2.21. The molecule has 1 aliphatic rings. The number of fused-ring (bicyclic) bond motifs is 3. The van der Waals surface area contributed by atoms with Crippen molar-refractivity contribution in [3.8, 4) is 17.0 Å². The zero-order valence-corrected chi connectivity index (χ0v) is 12.4. The van der Waals surface area contributed by atoms with Gasteiger partial charge in [-0.3, -0.25) is 0 Å². The molecule has 1 aromatic carbocycles. The molecule has 0 atom stereocenters. The fourth-order valence-electron chi connectivity index (χ4n) is 2.73.